The van der Waals surface area contributed by atoms with Gasteiger partial charge in [0.15, 0.2) is 0 Å². The normalized spacial score (nSPS) is 12.9. The molecule has 0 aliphatic carbocycles. The molecule has 0 aliphatic heterocycles. The van der Waals surface area contributed by atoms with Gasteiger partial charge in [0, 0.05) is 29.4 Å². The minimum Gasteiger partial charge on any atom is -0.369 e. The highest BCUT2D eigenvalue weighted by atomic mass is 35.5. The van der Waals surface area contributed by atoms with Gasteiger partial charge in [-0.2, -0.15) is 26.3 Å². The number of rotatable bonds is 5. The molecular weight excluding hydrogens is 396 g/mol. The Labute approximate surface area is 157 Å². The van der Waals surface area contributed by atoms with Crippen LogP contribution in [0.5, 0.6) is 0 Å². The summed E-state index contributed by atoms with van der Waals surface area (Å²) in [6, 6.07) is 10.4. The van der Waals surface area contributed by atoms with E-state index in [1.54, 1.807) is 36.1 Å². The van der Waals surface area contributed by atoms with Gasteiger partial charge in [-0.15, -0.1) is 0 Å². The molecule has 0 saturated carbocycles. The summed E-state index contributed by atoms with van der Waals surface area (Å²) in [5, 5.41) is 9.93. The van der Waals surface area contributed by atoms with Crippen LogP contribution in [0.25, 0.3) is 0 Å². The lowest BCUT2D eigenvalue weighted by Crippen LogP contribution is -2.53. The lowest BCUT2D eigenvalue weighted by atomic mass is 9.92. The predicted octanol–water partition coefficient (Wildman–Crippen LogP) is 5.68. The highest BCUT2D eigenvalue weighted by molar-refractivity contribution is 6.31. The number of alkyl halides is 6. The molecule has 0 atom stereocenters. The van der Waals surface area contributed by atoms with Crippen molar-refractivity contribution in [3.63, 3.8) is 0 Å². The van der Waals surface area contributed by atoms with Crippen molar-refractivity contribution in [3.8, 4) is 0 Å². The van der Waals surface area contributed by atoms with Crippen LogP contribution in [0, 0.1) is 0 Å². The first kappa shape index (κ1) is 21.4. The summed E-state index contributed by atoms with van der Waals surface area (Å²) in [5.74, 6) is 0. The maximum absolute atomic E-state index is 12.9. The Hall–Kier alpha value is -1.93. The zero-order valence-electron chi connectivity index (χ0n) is 14.1. The molecule has 0 fully saturated rings. The molecule has 0 unspecified atom stereocenters. The quantitative estimate of drug-likeness (QED) is 0.640. The summed E-state index contributed by atoms with van der Waals surface area (Å²) in [7, 11) is 0. The summed E-state index contributed by atoms with van der Waals surface area (Å²) < 4.78 is 77.7. The molecule has 2 aromatic carbocycles. The molecule has 0 saturated heterocycles. The molecule has 0 heterocycles. The van der Waals surface area contributed by atoms with Crippen LogP contribution in [0.4, 0.5) is 32.0 Å². The Morgan fingerprint density at radius 2 is 1.41 bits per heavy atom. The SMILES string of the molecule is CCN(Cc1ccccc1Cl)c1ccc(C(O)(C(F)(F)F)C(F)(F)F)cc1. The Balaban J connectivity index is 2.36. The lowest BCUT2D eigenvalue weighted by molar-refractivity contribution is -0.376. The molecular formula is C18H16ClF6NO. The molecule has 2 rings (SSSR count). The first-order chi connectivity index (χ1) is 12.4. The van der Waals surface area contributed by atoms with Gasteiger partial charge in [0.05, 0.1) is 0 Å². The van der Waals surface area contributed by atoms with Crippen LogP contribution >= 0.6 is 11.6 Å². The molecule has 0 aliphatic rings. The minimum atomic E-state index is -5.91. The van der Waals surface area contributed by atoms with E-state index >= 15 is 0 Å². The van der Waals surface area contributed by atoms with Crippen LogP contribution in [0.1, 0.15) is 18.1 Å². The van der Waals surface area contributed by atoms with Crippen LogP contribution in [-0.4, -0.2) is 24.0 Å². The average molecular weight is 412 g/mol. The third kappa shape index (κ3) is 4.16. The van der Waals surface area contributed by atoms with Crippen molar-refractivity contribution >= 4 is 17.3 Å². The van der Waals surface area contributed by atoms with Crippen molar-refractivity contribution in [1.82, 2.24) is 0 Å². The van der Waals surface area contributed by atoms with Crippen molar-refractivity contribution < 1.29 is 31.4 Å². The third-order valence-corrected chi connectivity index (χ3v) is 4.54. The summed E-state index contributed by atoms with van der Waals surface area (Å²) >= 11 is 6.09. The van der Waals surface area contributed by atoms with Crippen LogP contribution in [0.2, 0.25) is 5.02 Å². The topological polar surface area (TPSA) is 23.5 Å². The van der Waals surface area contributed by atoms with Gasteiger partial charge in [-0.25, -0.2) is 0 Å². The van der Waals surface area contributed by atoms with Crippen molar-refractivity contribution in [2.45, 2.75) is 31.4 Å². The minimum absolute atomic E-state index is 0.318. The van der Waals surface area contributed by atoms with E-state index in [4.69, 9.17) is 11.6 Å². The zero-order valence-corrected chi connectivity index (χ0v) is 14.8. The molecule has 0 bridgehead atoms. The number of anilines is 1. The van der Waals surface area contributed by atoms with E-state index in [0.29, 0.717) is 35.9 Å². The van der Waals surface area contributed by atoms with Gasteiger partial charge in [-0.1, -0.05) is 41.9 Å². The Kier molecular flexibility index (Phi) is 6.01. The predicted molar refractivity (Wildman–Crippen MR) is 90.6 cm³/mol. The second-order valence-corrected chi connectivity index (χ2v) is 6.27. The Morgan fingerprint density at radius 1 is 0.889 bits per heavy atom. The van der Waals surface area contributed by atoms with Crippen LogP contribution in [0.3, 0.4) is 0 Å². The largest absolute Gasteiger partial charge is 0.430 e. The second-order valence-electron chi connectivity index (χ2n) is 5.86. The number of halogens is 7. The zero-order chi connectivity index (χ0) is 20.5. The van der Waals surface area contributed by atoms with Gasteiger partial charge in [0.25, 0.3) is 5.60 Å². The third-order valence-electron chi connectivity index (χ3n) is 4.17. The summed E-state index contributed by atoms with van der Waals surface area (Å²) in [5.41, 5.74) is -5.07. The van der Waals surface area contributed by atoms with Crippen molar-refractivity contribution in [2.75, 3.05) is 11.4 Å². The second kappa shape index (κ2) is 7.59. The summed E-state index contributed by atoms with van der Waals surface area (Å²) in [4.78, 5) is 1.73. The maximum Gasteiger partial charge on any atom is 0.430 e. The summed E-state index contributed by atoms with van der Waals surface area (Å²) in [6.07, 6.45) is -11.8. The molecule has 0 radical (unpaired) electrons. The molecule has 27 heavy (non-hydrogen) atoms. The Morgan fingerprint density at radius 3 is 1.85 bits per heavy atom. The molecule has 1 N–H and O–H groups in total. The molecule has 0 spiro atoms. The fraction of sp³-hybridized carbons (Fsp3) is 0.333. The fourth-order valence-corrected chi connectivity index (χ4v) is 2.81. The molecule has 2 nitrogen and oxygen atoms in total. The first-order valence-corrected chi connectivity index (χ1v) is 8.24. The van der Waals surface area contributed by atoms with Crippen LogP contribution in [0.15, 0.2) is 48.5 Å². The molecule has 9 heteroatoms. The van der Waals surface area contributed by atoms with E-state index in [1.807, 2.05) is 0 Å². The van der Waals surface area contributed by atoms with Crippen LogP contribution < -0.4 is 4.90 Å². The number of aliphatic hydroxyl groups is 1. The van der Waals surface area contributed by atoms with E-state index in [-0.39, 0.29) is 0 Å². The maximum atomic E-state index is 12.9. The van der Waals surface area contributed by atoms with E-state index in [2.05, 4.69) is 0 Å². The number of nitrogens with zero attached hydrogens (tertiary/aromatic N) is 1. The van der Waals surface area contributed by atoms with Crippen molar-refractivity contribution in [1.29, 1.82) is 0 Å². The lowest BCUT2D eigenvalue weighted by Gasteiger charge is -2.33. The van der Waals surface area contributed by atoms with Gasteiger partial charge in [-0.05, 0) is 30.7 Å². The molecule has 2 aromatic rings. The first-order valence-electron chi connectivity index (χ1n) is 7.86. The van der Waals surface area contributed by atoms with Crippen molar-refractivity contribution in [2.24, 2.45) is 0 Å². The van der Waals surface area contributed by atoms with E-state index in [1.165, 1.54) is 0 Å². The summed E-state index contributed by atoms with van der Waals surface area (Å²) in [6.45, 7) is 2.54. The average Bonchev–Trinajstić information content (AvgIpc) is 2.58. The highest BCUT2D eigenvalue weighted by Crippen LogP contribution is 2.50. The van der Waals surface area contributed by atoms with Gasteiger partial charge >= 0.3 is 12.4 Å². The monoisotopic (exact) mass is 411 g/mol. The molecule has 0 amide bonds. The van der Waals surface area contributed by atoms with Crippen LogP contribution in [-0.2, 0) is 12.1 Å². The molecule has 0 aromatic heterocycles. The molecule has 148 valence electrons. The highest BCUT2D eigenvalue weighted by Gasteiger charge is 2.71. The van der Waals surface area contributed by atoms with E-state index < -0.39 is 23.5 Å². The standard InChI is InChI=1S/C18H16ClF6NO/c1-2-26(11-12-5-3-4-6-15(12)19)14-9-7-13(8-10-14)16(27,17(20,21)22)18(23,24)25/h3-10,27H,2,11H2,1H3. The van der Waals surface area contributed by atoms with Gasteiger partial charge in [0.1, 0.15) is 0 Å². The van der Waals surface area contributed by atoms with Gasteiger partial charge in [-0.3, -0.25) is 0 Å². The fourth-order valence-electron chi connectivity index (χ4n) is 2.62. The number of hydrogen-bond acceptors (Lipinski definition) is 2. The Bertz CT molecular complexity index is 759. The van der Waals surface area contributed by atoms with Gasteiger partial charge < -0.3 is 10.0 Å². The number of benzene rings is 2. The smallest absolute Gasteiger partial charge is 0.369 e. The number of hydrogen-bond donors (Lipinski definition) is 1. The van der Waals surface area contributed by atoms with E-state index in [9.17, 15) is 31.4 Å². The van der Waals surface area contributed by atoms with Crippen molar-refractivity contribution in [3.05, 3.63) is 64.7 Å². The van der Waals surface area contributed by atoms with E-state index in [0.717, 1.165) is 17.7 Å². The van der Waals surface area contributed by atoms with Gasteiger partial charge in [0.2, 0.25) is 0 Å².